The Morgan fingerprint density at radius 3 is 2.40 bits per heavy atom. The van der Waals surface area contributed by atoms with E-state index >= 15 is 0 Å². The van der Waals surface area contributed by atoms with Crippen molar-refractivity contribution in [3.63, 3.8) is 0 Å². The normalized spacial score (nSPS) is 11.6. The summed E-state index contributed by atoms with van der Waals surface area (Å²) < 4.78 is 36.6. The number of allylic oxidation sites excluding steroid dienone is 1. The highest BCUT2D eigenvalue weighted by Crippen LogP contribution is 2.31. The first-order chi connectivity index (χ1) is 14.5. The van der Waals surface area contributed by atoms with Crippen molar-refractivity contribution in [3.8, 4) is 17.6 Å². The van der Waals surface area contributed by atoms with Crippen molar-refractivity contribution in [1.29, 1.82) is 5.26 Å². The Kier molecular flexibility index (Phi) is 6.78. The minimum absolute atomic E-state index is 0.0597. The van der Waals surface area contributed by atoms with Gasteiger partial charge in [0.25, 0.3) is 0 Å². The van der Waals surface area contributed by atoms with Crippen molar-refractivity contribution >= 4 is 27.5 Å². The summed E-state index contributed by atoms with van der Waals surface area (Å²) in [4.78, 5) is -0.301. The third-order valence-electron chi connectivity index (χ3n) is 4.28. The molecule has 30 heavy (non-hydrogen) atoms. The number of ether oxygens (including phenoxy) is 2. The molecule has 0 fully saturated rings. The molecule has 152 valence electrons. The molecule has 5 nitrogen and oxygen atoms in total. The van der Waals surface area contributed by atoms with Gasteiger partial charge in [-0.3, -0.25) is 0 Å². The van der Waals surface area contributed by atoms with E-state index in [-0.39, 0.29) is 16.4 Å². The zero-order chi connectivity index (χ0) is 21.6. The van der Waals surface area contributed by atoms with Crippen molar-refractivity contribution < 1.29 is 17.9 Å². The first-order valence-corrected chi connectivity index (χ1v) is 10.8. The third kappa shape index (κ3) is 4.82. The topological polar surface area (TPSA) is 76.4 Å². The van der Waals surface area contributed by atoms with Crippen LogP contribution in [0.25, 0.3) is 6.08 Å². The number of sulfone groups is 1. The zero-order valence-electron chi connectivity index (χ0n) is 16.1. The molecular weight excluding hydrogens is 422 g/mol. The van der Waals surface area contributed by atoms with Crippen molar-refractivity contribution in [1.82, 2.24) is 0 Å². The minimum Gasteiger partial charge on any atom is -0.493 e. The van der Waals surface area contributed by atoms with E-state index in [4.69, 9.17) is 21.1 Å². The van der Waals surface area contributed by atoms with Gasteiger partial charge in [0.05, 0.1) is 12.0 Å². The molecule has 0 atom stereocenters. The van der Waals surface area contributed by atoms with Gasteiger partial charge in [-0.05, 0) is 42.0 Å². The molecule has 0 spiro atoms. The van der Waals surface area contributed by atoms with Crippen LogP contribution in [-0.4, -0.2) is 15.5 Å². The lowest BCUT2D eigenvalue weighted by molar-refractivity contribution is 0.284. The Labute approximate surface area is 180 Å². The largest absolute Gasteiger partial charge is 0.493 e. The van der Waals surface area contributed by atoms with Crippen LogP contribution in [-0.2, 0) is 16.4 Å². The smallest absolute Gasteiger partial charge is 0.216 e. The highest BCUT2D eigenvalue weighted by Gasteiger charge is 2.20. The Morgan fingerprint density at radius 1 is 1.03 bits per heavy atom. The highest BCUT2D eigenvalue weighted by molar-refractivity contribution is 7.95. The van der Waals surface area contributed by atoms with Gasteiger partial charge in [0, 0.05) is 10.6 Å². The summed E-state index contributed by atoms with van der Waals surface area (Å²) in [5.74, 6) is 0.879. The number of halogens is 1. The Bertz CT molecular complexity index is 1220. The Balaban J connectivity index is 1.88. The molecule has 0 aromatic heterocycles. The van der Waals surface area contributed by atoms with Crippen LogP contribution in [0.1, 0.15) is 11.1 Å². The molecule has 0 heterocycles. The van der Waals surface area contributed by atoms with Crippen molar-refractivity contribution in [2.75, 3.05) is 7.11 Å². The molecule has 3 rings (SSSR count). The first-order valence-electron chi connectivity index (χ1n) is 8.92. The lowest BCUT2D eigenvalue weighted by Crippen LogP contribution is -2.03. The van der Waals surface area contributed by atoms with Crippen molar-refractivity contribution in [2.24, 2.45) is 0 Å². The van der Waals surface area contributed by atoms with E-state index in [1.807, 2.05) is 18.2 Å². The molecule has 0 amide bonds. The van der Waals surface area contributed by atoms with Gasteiger partial charge in [-0.25, -0.2) is 8.42 Å². The second kappa shape index (κ2) is 9.49. The van der Waals surface area contributed by atoms with Gasteiger partial charge in [0.2, 0.25) is 9.84 Å². The van der Waals surface area contributed by atoms with Crippen LogP contribution >= 0.6 is 11.6 Å². The van der Waals surface area contributed by atoms with E-state index in [0.717, 1.165) is 5.56 Å². The van der Waals surface area contributed by atoms with Crippen molar-refractivity contribution in [2.45, 2.75) is 11.5 Å². The predicted molar refractivity (Wildman–Crippen MR) is 116 cm³/mol. The lowest BCUT2D eigenvalue weighted by atomic mass is 10.2. The van der Waals surface area contributed by atoms with Crippen LogP contribution in [0.5, 0.6) is 11.5 Å². The fraction of sp³-hybridized carbons (Fsp3) is 0.0870. The van der Waals surface area contributed by atoms with Gasteiger partial charge in [-0.2, -0.15) is 5.26 Å². The number of hydrogen-bond donors (Lipinski definition) is 0. The number of nitriles is 1. The predicted octanol–water partition coefficient (Wildman–Crippen LogP) is 5.27. The van der Waals surface area contributed by atoms with Gasteiger partial charge >= 0.3 is 0 Å². The average Bonchev–Trinajstić information content (AvgIpc) is 2.77. The van der Waals surface area contributed by atoms with E-state index in [2.05, 4.69) is 0 Å². The van der Waals surface area contributed by atoms with Gasteiger partial charge in [-0.15, -0.1) is 0 Å². The zero-order valence-corrected chi connectivity index (χ0v) is 17.7. The molecule has 0 aliphatic heterocycles. The number of rotatable bonds is 7. The van der Waals surface area contributed by atoms with Crippen molar-refractivity contribution in [3.05, 3.63) is 93.9 Å². The average molecular weight is 440 g/mol. The number of hydrogen-bond acceptors (Lipinski definition) is 5. The van der Waals surface area contributed by atoms with Gasteiger partial charge < -0.3 is 9.47 Å². The van der Waals surface area contributed by atoms with Gasteiger partial charge in [0.15, 0.2) is 11.5 Å². The van der Waals surface area contributed by atoms with E-state index < -0.39 is 9.84 Å². The van der Waals surface area contributed by atoms with Gasteiger partial charge in [0.1, 0.15) is 17.6 Å². The molecule has 7 heteroatoms. The van der Waals surface area contributed by atoms with Crippen LogP contribution < -0.4 is 9.47 Å². The fourth-order valence-electron chi connectivity index (χ4n) is 2.71. The monoisotopic (exact) mass is 439 g/mol. The molecule has 0 radical (unpaired) electrons. The fourth-order valence-corrected chi connectivity index (χ4v) is 4.08. The Hall–Kier alpha value is -3.27. The summed E-state index contributed by atoms with van der Waals surface area (Å²) in [5.41, 5.74) is 1.32. The maximum absolute atomic E-state index is 12.7. The van der Waals surface area contributed by atoms with E-state index in [0.29, 0.717) is 22.1 Å². The maximum atomic E-state index is 12.7. The van der Waals surface area contributed by atoms with Crippen LogP contribution in [0.2, 0.25) is 5.02 Å². The van der Waals surface area contributed by atoms with Crippen LogP contribution in [0.3, 0.4) is 0 Å². The Morgan fingerprint density at radius 2 is 1.73 bits per heavy atom. The molecule has 0 aliphatic rings. The SMILES string of the molecule is COc1cc(/C=C(/C#N)S(=O)(=O)c2ccccc2)ccc1OCc1ccccc1Cl. The van der Waals surface area contributed by atoms with Crippen LogP contribution in [0.4, 0.5) is 0 Å². The molecule has 0 aliphatic carbocycles. The summed E-state index contributed by atoms with van der Waals surface area (Å²) in [5, 5.41) is 10.0. The lowest BCUT2D eigenvalue weighted by Gasteiger charge is -2.12. The summed E-state index contributed by atoms with van der Waals surface area (Å²) in [7, 11) is -2.43. The molecule has 0 saturated heterocycles. The molecule has 0 unspecified atom stereocenters. The summed E-state index contributed by atoms with van der Waals surface area (Å²) in [6, 6.07) is 21.9. The van der Waals surface area contributed by atoms with Gasteiger partial charge in [-0.1, -0.05) is 54.1 Å². The van der Waals surface area contributed by atoms with E-state index in [1.165, 1.54) is 25.3 Å². The van der Waals surface area contributed by atoms with E-state index in [1.54, 1.807) is 48.5 Å². The highest BCUT2D eigenvalue weighted by atomic mass is 35.5. The molecule has 3 aromatic carbocycles. The second-order valence-electron chi connectivity index (χ2n) is 6.23. The molecule has 0 N–H and O–H groups in total. The third-order valence-corrected chi connectivity index (χ3v) is 6.33. The second-order valence-corrected chi connectivity index (χ2v) is 8.55. The number of benzene rings is 3. The quantitative estimate of drug-likeness (QED) is 0.469. The van der Waals surface area contributed by atoms with Crippen LogP contribution in [0, 0.1) is 11.3 Å². The summed E-state index contributed by atoms with van der Waals surface area (Å²) in [6.07, 6.45) is 1.31. The maximum Gasteiger partial charge on any atom is 0.216 e. The minimum atomic E-state index is -3.92. The number of methoxy groups -OCH3 is 1. The standard InChI is InChI=1S/C23H18ClNO4S/c1-28-23-14-17(11-12-22(23)29-16-18-7-5-6-10-21(18)24)13-20(15-25)30(26,27)19-8-3-2-4-9-19/h2-14H,16H2,1H3/b20-13-. The molecule has 0 bridgehead atoms. The number of nitrogens with zero attached hydrogens (tertiary/aromatic N) is 1. The summed E-state index contributed by atoms with van der Waals surface area (Å²) in [6.45, 7) is 0.247. The first kappa shape index (κ1) is 21.4. The van der Waals surface area contributed by atoms with E-state index in [9.17, 15) is 13.7 Å². The molecule has 0 saturated carbocycles. The summed E-state index contributed by atoms with van der Waals surface area (Å²) >= 11 is 6.15. The molecule has 3 aromatic rings. The molecular formula is C23H18ClNO4S. The van der Waals surface area contributed by atoms with Crippen LogP contribution in [0.15, 0.2) is 82.6 Å².